The van der Waals surface area contributed by atoms with Gasteiger partial charge in [-0.05, 0) is 12.8 Å². The molecule has 0 saturated carbocycles. The number of fused-ring (bicyclic) bond motifs is 1. The number of hydrogen-bond donors (Lipinski definition) is 0. The fourth-order valence-electron chi connectivity index (χ4n) is 4.52. The third-order valence-corrected chi connectivity index (χ3v) is 8.81. The van der Waals surface area contributed by atoms with Gasteiger partial charge in [0.05, 0.1) is 22.6 Å². The molecule has 2 nitrogen and oxygen atoms in total. The summed E-state index contributed by atoms with van der Waals surface area (Å²) in [6.45, 7) is 6.26. The van der Waals surface area contributed by atoms with Crippen LogP contribution < -0.4 is 9.47 Å². The van der Waals surface area contributed by atoms with Crippen LogP contribution in [0.2, 0.25) is 0 Å². The maximum Gasteiger partial charge on any atom is 0.147 e. The first-order valence-corrected chi connectivity index (χ1v) is 16.4. The van der Waals surface area contributed by atoms with Crippen molar-refractivity contribution in [1.82, 2.24) is 0 Å². The van der Waals surface area contributed by atoms with E-state index in [-0.39, 0.29) is 0 Å². The molecule has 2 aromatic rings. The van der Waals surface area contributed by atoms with Crippen LogP contribution in [0.25, 0.3) is 9.40 Å². The molecule has 2 aromatic heterocycles. The molecule has 0 fully saturated rings. The maximum absolute atomic E-state index is 6.12. The average molecular weight is 509 g/mol. The highest BCUT2D eigenvalue weighted by molar-refractivity contribution is 7.27. The van der Waals surface area contributed by atoms with Crippen LogP contribution in [0.1, 0.15) is 142 Å². The van der Waals surface area contributed by atoms with E-state index in [1.54, 1.807) is 22.7 Å². The van der Waals surface area contributed by atoms with E-state index in [2.05, 4.69) is 24.6 Å². The highest BCUT2D eigenvalue weighted by atomic mass is 32.1. The summed E-state index contributed by atoms with van der Waals surface area (Å²) in [7, 11) is 0. The van der Waals surface area contributed by atoms with Gasteiger partial charge in [0.1, 0.15) is 11.5 Å². The Morgan fingerprint density at radius 1 is 0.441 bits per heavy atom. The van der Waals surface area contributed by atoms with Crippen LogP contribution in [0.3, 0.4) is 0 Å². The lowest BCUT2D eigenvalue weighted by molar-refractivity contribution is 0.307. The van der Waals surface area contributed by atoms with Gasteiger partial charge in [-0.25, -0.2) is 0 Å². The van der Waals surface area contributed by atoms with Crippen molar-refractivity contribution >= 4 is 32.1 Å². The molecule has 0 aliphatic carbocycles. The van der Waals surface area contributed by atoms with E-state index in [0.717, 1.165) is 24.7 Å². The molecule has 2 rings (SSSR count). The minimum atomic E-state index is 0.842. The van der Waals surface area contributed by atoms with Crippen LogP contribution in [0, 0.1) is 0 Å². The Labute approximate surface area is 218 Å². The number of hydrogen-bond acceptors (Lipinski definition) is 4. The lowest BCUT2D eigenvalue weighted by atomic mass is 10.1. The van der Waals surface area contributed by atoms with Crippen molar-refractivity contribution in [3.8, 4) is 11.5 Å². The van der Waals surface area contributed by atoms with E-state index in [1.165, 1.54) is 138 Å². The largest absolute Gasteiger partial charge is 0.491 e. The van der Waals surface area contributed by atoms with Gasteiger partial charge in [0.25, 0.3) is 0 Å². The Balaban J connectivity index is 1.48. The second-order valence-corrected chi connectivity index (χ2v) is 11.7. The highest BCUT2D eigenvalue weighted by Gasteiger charge is 2.13. The summed E-state index contributed by atoms with van der Waals surface area (Å²) in [4.78, 5) is 0. The molecule has 0 aliphatic heterocycles. The predicted molar refractivity (Wildman–Crippen MR) is 154 cm³/mol. The van der Waals surface area contributed by atoms with Crippen LogP contribution in [-0.4, -0.2) is 13.2 Å². The second kappa shape index (κ2) is 20.5. The molecule has 4 heteroatoms. The summed E-state index contributed by atoms with van der Waals surface area (Å²) >= 11 is 3.55. The molecule has 0 bridgehead atoms. The number of unbranched alkanes of at least 4 members (excludes halogenated alkanes) is 18. The topological polar surface area (TPSA) is 18.5 Å². The summed E-state index contributed by atoms with van der Waals surface area (Å²) in [6, 6.07) is 0. The molecule has 0 saturated heterocycles. The first kappa shape index (κ1) is 29.5. The Bertz CT molecular complexity index is 646. The molecule has 196 valence electrons. The minimum Gasteiger partial charge on any atom is -0.491 e. The van der Waals surface area contributed by atoms with Crippen molar-refractivity contribution < 1.29 is 9.47 Å². The standard InChI is InChI=1S/C30H52O2S2/c1-3-5-7-9-11-13-15-17-19-21-23-31-27-25-33-30-28(26-34-29(27)30)32-24-22-20-18-16-14-12-10-8-6-4-2/h25-26H,3-24H2,1-2H3. The minimum absolute atomic E-state index is 0.842. The van der Waals surface area contributed by atoms with Crippen LogP contribution in [0.4, 0.5) is 0 Å². The summed E-state index contributed by atoms with van der Waals surface area (Å²) in [5, 5.41) is 4.34. The van der Waals surface area contributed by atoms with Crippen LogP contribution in [-0.2, 0) is 0 Å². The van der Waals surface area contributed by atoms with Crippen molar-refractivity contribution in [2.24, 2.45) is 0 Å². The highest BCUT2D eigenvalue weighted by Crippen LogP contribution is 2.43. The first-order chi connectivity index (χ1) is 16.9. The lowest BCUT2D eigenvalue weighted by Gasteiger charge is -2.05. The van der Waals surface area contributed by atoms with E-state index in [4.69, 9.17) is 9.47 Å². The summed E-state index contributed by atoms with van der Waals surface area (Å²) < 4.78 is 14.8. The van der Waals surface area contributed by atoms with Gasteiger partial charge in [-0.1, -0.05) is 129 Å². The molecule has 2 heterocycles. The molecule has 0 radical (unpaired) electrons. The van der Waals surface area contributed by atoms with E-state index < -0.39 is 0 Å². The van der Waals surface area contributed by atoms with Gasteiger partial charge in [-0.15, -0.1) is 22.7 Å². The molecule has 0 atom stereocenters. The smallest absolute Gasteiger partial charge is 0.147 e. The molecular weight excluding hydrogens is 456 g/mol. The van der Waals surface area contributed by atoms with E-state index >= 15 is 0 Å². The van der Waals surface area contributed by atoms with Gasteiger partial charge in [0.2, 0.25) is 0 Å². The van der Waals surface area contributed by atoms with Gasteiger partial charge >= 0.3 is 0 Å². The molecule has 0 aromatic carbocycles. The van der Waals surface area contributed by atoms with Crippen molar-refractivity contribution in [2.75, 3.05) is 13.2 Å². The van der Waals surface area contributed by atoms with Gasteiger partial charge in [-0.2, -0.15) is 0 Å². The Morgan fingerprint density at radius 3 is 1.06 bits per heavy atom. The zero-order valence-electron chi connectivity index (χ0n) is 22.3. The summed E-state index contributed by atoms with van der Waals surface area (Å²) in [5.74, 6) is 2.13. The van der Waals surface area contributed by atoms with Crippen molar-refractivity contribution in [1.29, 1.82) is 0 Å². The second-order valence-electron chi connectivity index (χ2n) is 9.92. The maximum atomic E-state index is 6.12. The molecule has 0 amide bonds. The Kier molecular flexibility index (Phi) is 17.7. The van der Waals surface area contributed by atoms with Gasteiger partial charge in [0, 0.05) is 10.8 Å². The molecule has 0 N–H and O–H groups in total. The summed E-state index contributed by atoms with van der Waals surface area (Å²) in [6.07, 6.45) is 27.3. The van der Waals surface area contributed by atoms with Gasteiger partial charge in [-0.3, -0.25) is 0 Å². The molecular formula is C30H52O2S2. The van der Waals surface area contributed by atoms with Crippen LogP contribution >= 0.6 is 22.7 Å². The SMILES string of the molecule is CCCCCCCCCCCCOc1csc2c(OCCCCCCCCCCCC)csc12. The molecule has 0 unspecified atom stereocenters. The Hall–Kier alpha value is -0.740. The number of ether oxygens (including phenoxy) is 2. The van der Waals surface area contributed by atoms with Crippen LogP contribution in [0.15, 0.2) is 10.8 Å². The first-order valence-electron chi connectivity index (χ1n) is 14.6. The van der Waals surface area contributed by atoms with E-state index in [1.807, 2.05) is 0 Å². The van der Waals surface area contributed by atoms with Crippen LogP contribution in [0.5, 0.6) is 11.5 Å². The van der Waals surface area contributed by atoms with E-state index in [0.29, 0.717) is 0 Å². The van der Waals surface area contributed by atoms with Crippen molar-refractivity contribution in [2.45, 2.75) is 142 Å². The predicted octanol–water partition coefficient (Wildman–Crippen LogP) is 11.6. The third kappa shape index (κ3) is 12.8. The average Bonchev–Trinajstić information content (AvgIpc) is 3.44. The fraction of sp³-hybridized carbons (Fsp3) is 0.800. The van der Waals surface area contributed by atoms with E-state index in [9.17, 15) is 0 Å². The normalized spacial score (nSPS) is 11.5. The van der Waals surface area contributed by atoms with Crippen molar-refractivity contribution in [3.05, 3.63) is 10.8 Å². The molecule has 34 heavy (non-hydrogen) atoms. The zero-order valence-corrected chi connectivity index (χ0v) is 24.0. The fourth-order valence-corrected chi connectivity index (χ4v) is 6.66. The van der Waals surface area contributed by atoms with Crippen molar-refractivity contribution in [3.63, 3.8) is 0 Å². The van der Waals surface area contributed by atoms with Gasteiger partial charge in [0.15, 0.2) is 0 Å². The number of thiophene rings is 2. The third-order valence-electron chi connectivity index (χ3n) is 6.73. The molecule has 0 spiro atoms. The number of rotatable bonds is 24. The zero-order chi connectivity index (χ0) is 24.1. The Morgan fingerprint density at radius 2 is 0.735 bits per heavy atom. The summed E-state index contributed by atoms with van der Waals surface area (Å²) in [5.41, 5.74) is 0. The monoisotopic (exact) mass is 508 g/mol. The quantitative estimate of drug-likeness (QED) is 0.131. The van der Waals surface area contributed by atoms with Gasteiger partial charge < -0.3 is 9.47 Å². The lowest BCUT2D eigenvalue weighted by Crippen LogP contribution is -1.96. The molecule has 0 aliphatic rings.